The first-order valence-corrected chi connectivity index (χ1v) is 6.74. The molecule has 0 aliphatic carbocycles. The van der Waals surface area contributed by atoms with Crippen molar-refractivity contribution in [3.05, 3.63) is 59.7 Å². The van der Waals surface area contributed by atoms with Crippen molar-refractivity contribution in [2.24, 2.45) is 0 Å². The quantitative estimate of drug-likeness (QED) is 0.889. The van der Waals surface area contributed by atoms with Gasteiger partial charge in [-0.2, -0.15) is 0 Å². The Morgan fingerprint density at radius 1 is 1.33 bits per heavy atom. The molecule has 2 N–H and O–H groups in total. The molecule has 0 saturated carbocycles. The highest BCUT2D eigenvalue weighted by molar-refractivity contribution is 5.94. The van der Waals surface area contributed by atoms with Crippen LogP contribution in [0, 0.1) is 5.82 Å². The fourth-order valence-electron chi connectivity index (χ4n) is 1.98. The Balaban J connectivity index is 1.87. The monoisotopic (exact) mass is 288 g/mol. The van der Waals surface area contributed by atoms with Crippen molar-refractivity contribution >= 4 is 5.91 Å². The molecule has 1 heterocycles. The van der Waals surface area contributed by atoms with E-state index in [2.05, 4.69) is 10.3 Å². The first-order valence-electron chi connectivity index (χ1n) is 6.74. The molecule has 0 aliphatic heterocycles. The van der Waals surface area contributed by atoms with Gasteiger partial charge >= 0.3 is 0 Å². The number of aryl methyl sites for hydroxylation is 1. The van der Waals surface area contributed by atoms with E-state index >= 15 is 0 Å². The number of pyridine rings is 1. The van der Waals surface area contributed by atoms with E-state index in [4.69, 9.17) is 0 Å². The summed E-state index contributed by atoms with van der Waals surface area (Å²) in [5.41, 5.74) is 1.07. The summed E-state index contributed by atoms with van der Waals surface area (Å²) in [6, 6.07) is 8.21. The molecule has 0 fully saturated rings. The van der Waals surface area contributed by atoms with E-state index in [0.29, 0.717) is 0 Å². The molecule has 1 aromatic carbocycles. The van der Waals surface area contributed by atoms with Crippen LogP contribution in [-0.2, 0) is 6.42 Å². The van der Waals surface area contributed by atoms with E-state index < -0.39 is 11.7 Å². The third kappa shape index (κ3) is 4.27. The van der Waals surface area contributed by atoms with Crippen LogP contribution in [0.15, 0.2) is 42.7 Å². The highest BCUT2D eigenvalue weighted by atomic mass is 19.1. The number of rotatable bonds is 5. The van der Waals surface area contributed by atoms with Gasteiger partial charge in [-0.25, -0.2) is 4.39 Å². The number of aromatic hydroxyl groups is 1. The number of hydrogen-bond acceptors (Lipinski definition) is 3. The molecule has 1 aromatic heterocycles. The van der Waals surface area contributed by atoms with Crippen LogP contribution in [0.1, 0.15) is 29.3 Å². The van der Waals surface area contributed by atoms with Crippen LogP contribution >= 0.6 is 0 Å². The van der Waals surface area contributed by atoms with Gasteiger partial charge in [0, 0.05) is 12.2 Å². The summed E-state index contributed by atoms with van der Waals surface area (Å²) < 4.78 is 13.4. The molecule has 0 radical (unpaired) electrons. The number of nitrogens with zero attached hydrogens (tertiary/aromatic N) is 1. The zero-order valence-electron chi connectivity index (χ0n) is 11.7. The van der Waals surface area contributed by atoms with Gasteiger partial charge < -0.3 is 10.4 Å². The third-order valence-corrected chi connectivity index (χ3v) is 3.20. The summed E-state index contributed by atoms with van der Waals surface area (Å²) in [6.07, 6.45) is 3.90. The average molecular weight is 288 g/mol. The molecule has 1 atom stereocenters. The van der Waals surface area contributed by atoms with Crippen LogP contribution in [0.3, 0.4) is 0 Å². The van der Waals surface area contributed by atoms with Gasteiger partial charge in [-0.3, -0.25) is 9.78 Å². The van der Waals surface area contributed by atoms with E-state index in [1.807, 2.05) is 19.1 Å². The van der Waals surface area contributed by atoms with E-state index in [0.717, 1.165) is 24.6 Å². The van der Waals surface area contributed by atoms with Gasteiger partial charge in [-0.05, 0) is 43.5 Å². The van der Waals surface area contributed by atoms with Crippen molar-refractivity contribution in [1.29, 1.82) is 0 Å². The van der Waals surface area contributed by atoms with Gasteiger partial charge in [0.25, 0.3) is 5.91 Å². The molecule has 21 heavy (non-hydrogen) atoms. The summed E-state index contributed by atoms with van der Waals surface area (Å²) in [7, 11) is 0. The SMILES string of the molecule is CC(CCc1ccc(O)cc1)NC(=O)c1ccncc1F. The normalized spacial score (nSPS) is 11.9. The standard InChI is InChI=1S/C16H17FN2O2/c1-11(2-3-12-4-6-13(20)7-5-12)19-16(21)14-8-9-18-10-15(14)17/h4-11,20H,2-3H2,1H3,(H,19,21). The van der Waals surface area contributed by atoms with E-state index in [1.54, 1.807) is 12.1 Å². The van der Waals surface area contributed by atoms with Crippen molar-refractivity contribution in [3.63, 3.8) is 0 Å². The molecule has 4 nitrogen and oxygen atoms in total. The molecule has 0 aliphatic rings. The first kappa shape index (κ1) is 15.0. The molecule has 0 saturated heterocycles. The fraction of sp³-hybridized carbons (Fsp3) is 0.250. The van der Waals surface area contributed by atoms with E-state index in [1.165, 1.54) is 12.3 Å². The lowest BCUT2D eigenvalue weighted by Gasteiger charge is -2.14. The Labute approximate surface area is 122 Å². The molecular weight excluding hydrogens is 271 g/mol. The number of amides is 1. The predicted octanol–water partition coefficient (Wildman–Crippen LogP) is 2.68. The van der Waals surface area contributed by atoms with Crippen LogP contribution in [-0.4, -0.2) is 22.0 Å². The van der Waals surface area contributed by atoms with Crippen LogP contribution in [0.25, 0.3) is 0 Å². The topological polar surface area (TPSA) is 62.2 Å². The van der Waals surface area contributed by atoms with Gasteiger partial charge in [0.2, 0.25) is 0 Å². The van der Waals surface area contributed by atoms with Crippen LogP contribution in [0.5, 0.6) is 5.75 Å². The maximum Gasteiger partial charge on any atom is 0.254 e. The average Bonchev–Trinajstić information content (AvgIpc) is 2.47. The van der Waals surface area contributed by atoms with Crippen LogP contribution in [0.4, 0.5) is 4.39 Å². The number of carbonyl (C=O) groups is 1. The van der Waals surface area contributed by atoms with Crippen molar-refractivity contribution in [2.45, 2.75) is 25.8 Å². The molecule has 0 spiro atoms. The fourth-order valence-corrected chi connectivity index (χ4v) is 1.98. The highest BCUT2D eigenvalue weighted by Crippen LogP contribution is 2.12. The Bertz CT molecular complexity index is 614. The molecule has 110 valence electrons. The minimum atomic E-state index is -0.624. The van der Waals surface area contributed by atoms with Crippen molar-refractivity contribution in [1.82, 2.24) is 10.3 Å². The maximum atomic E-state index is 13.4. The molecule has 5 heteroatoms. The van der Waals surface area contributed by atoms with Gasteiger partial charge in [0.1, 0.15) is 5.75 Å². The second-order valence-corrected chi connectivity index (χ2v) is 4.94. The van der Waals surface area contributed by atoms with Gasteiger partial charge in [0.05, 0.1) is 11.8 Å². The number of hydrogen-bond donors (Lipinski definition) is 2. The second-order valence-electron chi connectivity index (χ2n) is 4.94. The van der Waals surface area contributed by atoms with Gasteiger partial charge in [-0.15, -0.1) is 0 Å². The lowest BCUT2D eigenvalue weighted by atomic mass is 10.1. The van der Waals surface area contributed by atoms with Crippen LogP contribution in [0.2, 0.25) is 0 Å². The molecule has 2 aromatic rings. The lowest BCUT2D eigenvalue weighted by molar-refractivity contribution is 0.0934. The number of phenols is 1. The molecule has 2 rings (SSSR count). The molecule has 1 amide bonds. The van der Waals surface area contributed by atoms with E-state index in [-0.39, 0.29) is 17.4 Å². The number of halogens is 1. The van der Waals surface area contributed by atoms with Crippen molar-refractivity contribution in [2.75, 3.05) is 0 Å². The molecule has 1 unspecified atom stereocenters. The molecule has 0 bridgehead atoms. The molecular formula is C16H17FN2O2. The number of benzene rings is 1. The number of carbonyl (C=O) groups excluding carboxylic acids is 1. The Hall–Kier alpha value is -2.43. The largest absolute Gasteiger partial charge is 0.508 e. The third-order valence-electron chi connectivity index (χ3n) is 3.20. The first-order chi connectivity index (χ1) is 10.1. The number of aromatic nitrogens is 1. The van der Waals surface area contributed by atoms with Gasteiger partial charge in [0.15, 0.2) is 5.82 Å². The lowest BCUT2D eigenvalue weighted by Crippen LogP contribution is -2.33. The van der Waals surface area contributed by atoms with Crippen molar-refractivity contribution < 1.29 is 14.3 Å². The highest BCUT2D eigenvalue weighted by Gasteiger charge is 2.13. The van der Waals surface area contributed by atoms with Crippen molar-refractivity contribution in [3.8, 4) is 5.75 Å². The zero-order valence-corrected chi connectivity index (χ0v) is 11.7. The summed E-state index contributed by atoms with van der Waals surface area (Å²) in [5, 5.41) is 12.0. The minimum Gasteiger partial charge on any atom is -0.508 e. The maximum absolute atomic E-state index is 13.4. The number of nitrogens with one attached hydrogen (secondary N) is 1. The van der Waals surface area contributed by atoms with Gasteiger partial charge in [-0.1, -0.05) is 12.1 Å². The number of phenolic OH excluding ortho intramolecular Hbond substituents is 1. The van der Waals surface area contributed by atoms with Crippen LogP contribution < -0.4 is 5.32 Å². The minimum absolute atomic E-state index is 0.00137. The summed E-state index contributed by atoms with van der Waals surface area (Å²) in [6.45, 7) is 1.87. The summed E-state index contributed by atoms with van der Waals surface area (Å²) in [4.78, 5) is 15.5. The Morgan fingerprint density at radius 2 is 2.05 bits per heavy atom. The Kier molecular flexibility index (Phi) is 4.87. The summed E-state index contributed by atoms with van der Waals surface area (Å²) in [5.74, 6) is -0.831. The predicted molar refractivity (Wildman–Crippen MR) is 77.6 cm³/mol. The van der Waals surface area contributed by atoms with E-state index in [9.17, 15) is 14.3 Å². The zero-order chi connectivity index (χ0) is 15.2. The Morgan fingerprint density at radius 3 is 2.71 bits per heavy atom. The summed E-state index contributed by atoms with van der Waals surface area (Å²) >= 11 is 0. The second kappa shape index (κ2) is 6.83. The smallest absolute Gasteiger partial charge is 0.254 e.